The number of nitrogens with one attached hydrogen (secondary N) is 2. The normalized spacial score (nSPS) is 18.2. The van der Waals surface area contributed by atoms with E-state index in [-0.39, 0.29) is 18.4 Å². The van der Waals surface area contributed by atoms with E-state index in [0.717, 1.165) is 28.6 Å². The minimum atomic E-state index is -2.63. The number of hydrogen-bond donors (Lipinski definition) is 3. The van der Waals surface area contributed by atoms with Crippen molar-refractivity contribution in [1.82, 2.24) is 20.2 Å². The van der Waals surface area contributed by atoms with E-state index in [4.69, 9.17) is 5.73 Å². The first-order chi connectivity index (χ1) is 13.7. The molecule has 0 spiro atoms. The number of nitrogens with zero attached hydrogens (tertiary/aromatic N) is 2. The number of aromatic nitrogens is 2. The van der Waals surface area contributed by atoms with Gasteiger partial charge in [0.05, 0.1) is 17.4 Å². The summed E-state index contributed by atoms with van der Waals surface area (Å²) >= 11 is 1.46. The SMILES string of the molecule is CC1=C(c2cnn3ccccc23)NC(C(=O)NCC(N)CCCCC(C)(F)F)S1. The van der Waals surface area contributed by atoms with Crippen molar-refractivity contribution in [1.29, 1.82) is 0 Å². The molecular formula is C20H27F2N5OS. The third kappa shape index (κ3) is 5.70. The maximum atomic E-state index is 12.8. The van der Waals surface area contributed by atoms with E-state index >= 15 is 0 Å². The van der Waals surface area contributed by atoms with E-state index < -0.39 is 11.3 Å². The van der Waals surface area contributed by atoms with Crippen LogP contribution in [0.1, 0.15) is 45.1 Å². The maximum absolute atomic E-state index is 12.8. The minimum Gasteiger partial charge on any atom is -0.364 e. The molecule has 4 N–H and O–H groups in total. The molecule has 29 heavy (non-hydrogen) atoms. The van der Waals surface area contributed by atoms with Crippen molar-refractivity contribution in [2.75, 3.05) is 6.54 Å². The van der Waals surface area contributed by atoms with Crippen LogP contribution in [-0.4, -0.2) is 39.4 Å². The fraction of sp³-hybridized carbons (Fsp3) is 0.500. The molecule has 0 saturated carbocycles. The quantitative estimate of drug-likeness (QED) is 0.539. The number of alkyl halides is 2. The zero-order chi connectivity index (χ0) is 21.0. The zero-order valence-electron chi connectivity index (χ0n) is 16.6. The number of pyridine rings is 1. The Balaban J connectivity index is 1.47. The summed E-state index contributed by atoms with van der Waals surface area (Å²) in [5.74, 6) is -2.77. The third-order valence-electron chi connectivity index (χ3n) is 4.84. The molecule has 0 aromatic carbocycles. The van der Waals surface area contributed by atoms with Gasteiger partial charge in [0, 0.05) is 35.7 Å². The number of fused-ring (bicyclic) bond motifs is 1. The highest BCUT2D eigenvalue weighted by molar-refractivity contribution is 8.04. The number of thioether (sulfide) groups is 1. The van der Waals surface area contributed by atoms with Crippen LogP contribution in [0.3, 0.4) is 0 Å². The molecule has 3 rings (SSSR count). The van der Waals surface area contributed by atoms with Crippen molar-refractivity contribution < 1.29 is 13.6 Å². The van der Waals surface area contributed by atoms with Crippen LogP contribution in [0, 0.1) is 0 Å². The minimum absolute atomic E-state index is 0.133. The largest absolute Gasteiger partial charge is 0.364 e. The summed E-state index contributed by atoms with van der Waals surface area (Å²) in [5, 5.41) is 10.1. The fourth-order valence-corrected chi connectivity index (χ4v) is 4.29. The topological polar surface area (TPSA) is 84.5 Å². The highest BCUT2D eigenvalue weighted by atomic mass is 32.2. The predicted octanol–water partition coefficient (Wildman–Crippen LogP) is 3.34. The van der Waals surface area contributed by atoms with Gasteiger partial charge in [-0.1, -0.05) is 24.2 Å². The van der Waals surface area contributed by atoms with Gasteiger partial charge in [-0.2, -0.15) is 5.10 Å². The Hall–Kier alpha value is -2.13. The second kappa shape index (κ2) is 9.13. The highest BCUT2D eigenvalue weighted by Gasteiger charge is 2.29. The number of halogens is 2. The van der Waals surface area contributed by atoms with Crippen LogP contribution in [0.2, 0.25) is 0 Å². The molecule has 3 heterocycles. The monoisotopic (exact) mass is 423 g/mol. The Kier molecular flexibility index (Phi) is 6.79. The molecule has 0 aliphatic carbocycles. The molecule has 1 amide bonds. The first-order valence-corrected chi connectivity index (χ1v) is 10.6. The van der Waals surface area contributed by atoms with Crippen molar-refractivity contribution in [3.8, 4) is 0 Å². The fourth-order valence-electron chi connectivity index (χ4n) is 3.28. The molecule has 9 heteroatoms. The molecular weight excluding hydrogens is 396 g/mol. The number of rotatable bonds is 9. The number of unbranched alkanes of at least 4 members (excludes halogenated alkanes) is 1. The summed E-state index contributed by atoms with van der Waals surface area (Å²) in [4.78, 5) is 13.6. The standard InChI is InChI=1S/C20H27F2N5OS/c1-13-17(15-12-25-27-10-6-4-8-16(15)27)26-19(29-13)18(28)24-11-14(23)7-3-5-9-20(2,21)22/h4,6,8,10,12,14,19,26H,3,5,7,9,11,23H2,1-2H3,(H,24,28). The lowest BCUT2D eigenvalue weighted by atomic mass is 10.1. The van der Waals surface area contributed by atoms with Crippen molar-refractivity contribution in [3.63, 3.8) is 0 Å². The van der Waals surface area contributed by atoms with Crippen LogP contribution in [0.5, 0.6) is 0 Å². The Morgan fingerprint density at radius 1 is 1.45 bits per heavy atom. The summed E-state index contributed by atoms with van der Waals surface area (Å²) in [6, 6.07) is 5.60. The second-order valence-corrected chi connectivity index (χ2v) is 8.80. The number of carbonyl (C=O) groups excluding carboxylic acids is 1. The molecule has 2 aromatic heterocycles. The van der Waals surface area contributed by atoms with E-state index in [2.05, 4.69) is 15.7 Å². The number of amides is 1. The Bertz CT molecular complexity index is 892. The van der Waals surface area contributed by atoms with Gasteiger partial charge in [-0.05, 0) is 38.8 Å². The van der Waals surface area contributed by atoms with Gasteiger partial charge in [0.15, 0.2) is 5.37 Å². The van der Waals surface area contributed by atoms with Crippen LogP contribution in [-0.2, 0) is 4.79 Å². The second-order valence-electron chi connectivity index (χ2n) is 7.48. The van der Waals surface area contributed by atoms with Gasteiger partial charge in [-0.25, -0.2) is 13.3 Å². The van der Waals surface area contributed by atoms with Crippen molar-refractivity contribution in [2.24, 2.45) is 5.73 Å². The average Bonchev–Trinajstić information content (AvgIpc) is 3.26. The Labute approximate surface area is 173 Å². The highest BCUT2D eigenvalue weighted by Crippen LogP contribution is 2.36. The lowest BCUT2D eigenvalue weighted by molar-refractivity contribution is -0.120. The smallest absolute Gasteiger partial charge is 0.253 e. The van der Waals surface area contributed by atoms with Crippen LogP contribution < -0.4 is 16.4 Å². The first kappa shape index (κ1) is 21.6. The Morgan fingerprint density at radius 2 is 2.24 bits per heavy atom. The van der Waals surface area contributed by atoms with Crippen LogP contribution in [0.4, 0.5) is 8.78 Å². The number of hydrogen-bond acceptors (Lipinski definition) is 5. The molecule has 6 nitrogen and oxygen atoms in total. The lowest BCUT2D eigenvalue weighted by Gasteiger charge is -2.16. The molecule has 1 aliphatic heterocycles. The summed E-state index contributed by atoms with van der Waals surface area (Å²) in [6.07, 6.45) is 5.19. The van der Waals surface area contributed by atoms with Gasteiger partial charge in [-0.15, -0.1) is 0 Å². The number of allylic oxidation sites excluding steroid dienone is 1. The molecule has 2 atom stereocenters. The maximum Gasteiger partial charge on any atom is 0.253 e. The average molecular weight is 424 g/mol. The molecule has 0 radical (unpaired) electrons. The molecule has 2 aromatic rings. The lowest BCUT2D eigenvalue weighted by Crippen LogP contribution is -2.44. The van der Waals surface area contributed by atoms with Crippen LogP contribution >= 0.6 is 11.8 Å². The van der Waals surface area contributed by atoms with Gasteiger partial charge >= 0.3 is 0 Å². The summed E-state index contributed by atoms with van der Waals surface area (Å²) in [6.45, 7) is 3.23. The van der Waals surface area contributed by atoms with Gasteiger partial charge < -0.3 is 16.4 Å². The van der Waals surface area contributed by atoms with Crippen LogP contribution in [0.15, 0.2) is 35.5 Å². The number of nitrogens with two attached hydrogens (primary N) is 1. The van der Waals surface area contributed by atoms with Gasteiger partial charge in [0.1, 0.15) is 0 Å². The Morgan fingerprint density at radius 3 is 3.00 bits per heavy atom. The van der Waals surface area contributed by atoms with Gasteiger partial charge in [-0.3, -0.25) is 4.79 Å². The summed E-state index contributed by atoms with van der Waals surface area (Å²) in [7, 11) is 0. The molecule has 158 valence electrons. The van der Waals surface area contributed by atoms with Crippen molar-refractivity contribution in [3.05, 3.63) is 41.1 Å². The molecule has 0 saturated heterocycles. The van der Waals surface area contributed by atoms with E-state index in [0.29, 0.717) is 25.8 Å². The van der Waals surface area contributed by atoms with E-state index in [1.165, 1.54) is 11.8 Å². The first-order valence-electron chi connectivity index (χ1n) is 9.72. The summed E-state index contributed by atoms with van der Waals surface area (Å²) in [5.41, 5.74) is 8.84. The van der Waals surface area contributed by atoms with E-state index in [9.17, 15) is 13.6 Å². The molecule has 2 unspecified atom stereocenters. The van der Waals surface area contributed by atoms with Gasteiger partial charge in [0.2, 0.25) is 5.92 Å². The van der Waals surface area contributed by atoms with E-state index in [1.807, 2.05) is 31.3 Å². The molecule has 0 fully saturated rings. The zero-order valence-corrected chi connectivity index (χ0v) is 17.4. The summed E-state index contributed by atoms with van der Waals surface area (Å²) < 4.78 is 27.4. The third-order valence-corrected chi connectivity index (χ3v) is 5.96. The van der Waals surface area contributed by atoms with Crippen molar-refractivity contribution >= 4 is 28.9 Å². The van der Waals surface area contributed by atoms with Crippen LogP contribution in [0.25, 0.3) is 11.2 Å². The molecule has 0 bridgehead atoms. The molecule has 1 aliphatic rings. The predicted molar refractivity (Wildman–Crippen MR) is 112 cm³/mol. The van der Waals surface area contributed by atoms with Gasteiger partial charge in [0.25, 0.3) is 5.91 Å². The van der Waals surface area contributed by atoms with E-state index in [1.54, 1.807) is 10.7 Å². The van der Waals surface area contributed by atoms with Crippen molar-refractivity contribution in [2.45, 2.75) is 56.9 Å². The number of carbonyl (C=O) groups is 1.